The van der Waals surface area contributed by atoms with Crippen LogP contribution in [0.4, 0.5) is 4.39 Å². The largest absolute Gasteiger partial charge is 0.497 e. The summed E-state index contributed by atoms with van der Waals surface area (Å²) in [6.07, 6.45) is 1.78. The molecule has 0 heterocycles. The molecule has 0 aromatic heterocycles. The second-order valence-electron chi connectivity index (χ2n) is 3.89. The monoisotopic (exact) mass is 196 g/mol. The number of hydrogen-bond donors (Lipinski definition) is 0. The topological polar surface area (TPSA) is 9.23 Å². The lowest BCUT2D eigenvalue weighted by molar-refractivity contribution is 0.412. The highest BCUT2D eigenvalue weighted by molar-refractivity contribution is 5.29. The molecule has 0 aliphatic rings. The lowest BCUT2D eigenvalue weighted by Crippen LogP contribution is -1.96. The van der Waals surface area contributed by atoms with E-state index in [-0.39, 0.29) is 5.82 Å². The summed E-state index contributed by atoms with van der Waals surface area (Å²) in [4.78, 5) is 0. The van der Waals surface area contributed by atoms with E-state index >= 15 is 0 Å². The standard InChI is InChI=1S/C12H17FO/c1-9(2)4-5-10-8-11(14-3)6-7-12(10)13/h6-9H,4-5H2,1-3H3. The van der Waals surface area contributed by atoms with Gasteiger partial charge in [-0.3, -0.25) is 0 Å². The van der Waals surface area contributed by atoms with Gasteiger partial charge in [0.1, 0.15) is 11.6 Å². The van der Waals surface area contributed by atoms with Crippen molar-refractivity contribution in [2.75, 3.05) is 7.11 Å². The fourth-order valence-corrected chi connectivity index (χ4v) is 1.31. The Morgan fingerprint density at radius 1 is 1.36 bits per heavy atom. The van der Waals surface area contributed by atoms with Gasteiger partial charge in [-0.25, -0.2) is 4.39 Å². The molecule has 0 radical (unpaired) electrons. The molecule has 1 nitrogen and oxygen atoms in total. The molecule has 0 spiro atoms. The Morgan fingerprint density at radius 2 is 2.07 bits per heavy atom. The molecule has 1 aromatic rings. The fraction of sp³-hybridized carbons (Fsp3) is 0.500. The van der Waals surface area contributed by atoms with Crippen molar-refractivity contribution in [3.8, 4) is 5.75 Å². The van der Waals surface area contributed by atoms with Gasteiger partial charge in [0.15, 0.2) is 0 Å². The number of hydrogen-bond acceptors (Lipinski definition) is 1. The zero-order valence-electron chi connectivity index (χ0n) is 9.01. The van der Waals surface area contributed by atoms with Crippen LogP contribution in [0, 0.1) is 11.7 Å². The van der Waals surface area contributed by atoms with E-state index < -0.39 is 0 Å². The molecule has 0 saturated carbocycles. The Morgan fingerprint density at radius 3 is 2.64 bits per heavy atom. The maximum absolute atomic E-state index is 13.3. The first kappa shape index (κ1) is 11.0. The van der Waals surface area contributed by atoms with Crippen LogP contribution in [0.1, 0.15) is 25.8 Å². The summed E-state index contributed by atoms with van der Waals surface area (Å²) in [7, 11) is 1.60. The molecule has 0 atom stereocenters. The molecule has 0 fully saturated rings. The van der Waals surface area contributed by atoms with Gasteiger partial charge in [-0.15, -0.1) is 0 Å². The highest BCUT2D eigenvalue weighted by Gasteiger charge is 2.04. The molecule has 0 saturated heterocycles. The molecule has 2 heteroatoms. The Bertz CT molecular complexity index is 294. The molecule has 78 valence electrons. The highest BCUT2D eigenvalue weighted by atomic mass is 19.1. The van der Waals surface area contributed by atoms with E-state index in [1.165, 1.54) is 6.07 Å². The first-order valence-corrected chi connectivity index (χ1v) is 4.96. The highest BCUT2D eigenvalue weighted by Crippen LogP contribution is 2.19. The van der Waals surface area contributed by atoms with Crippen LogP contribution in [0.3, 0.4) is 0 Å². The third-order valence-electron chi connectivity index (χ3n) is 2.24. The van der Waals surface area contributed by atoms with E-state index in [1.807, 2.05) is 0 Å². The van der Waals surface area contributed by atoms with Gasteiger partial charge in [-0.1, -0.05) is 13.8 Å². The van der Waals surface area contributed by atoms with E-state index in [4.69, 9.17) is 4.74 Å². The normalized spacial score (nSPS) is 10.6. The van der Waals surface area contributed by atoms with Crippen molar-refractivity contribution in [2.24, 2.45) is 5.92 Å². The molecule has 0 amide bonds. The summed E-state index contributed by atoms with van der Waals surface area (Å²) in [5.74, 6) is 1.19. The second-order valence-corrected chi connectivity index (χ2v) is 3.89. The maximum atomic E-state index is 13.3. The van der Waals surface area contributed by atoms with E-state index in [0.29, 0.717) is 5.92 Å². The molecular weight excluding hydrogens is 179 g/mol. The van der Waals surface area contributed by atoms with E-state index in [1.54, 1.807) is 19.2 Å². The third kappa shape index (κ3) is 3.02. The van der Waals surface area contributed by atoms with Crippen molar-refractivity contribution in [3.05, 3.63) is 29.6 Å². The average molecular weight is 196 g/mol. The SMILES string of the molecule is COc1ccc(F)c(CCC(C)C)c1. The van der Waals surface area contributed by atoms with Crippen LogP contribution in [0.15, 0.2) is 18.2 Å². The van der Waals surface area contributed by atoms with E-state index in [2.05, 4.69) is 13.8 Å². The van der Waals surface area contributed by atoms with Crippen LogP contribution in [0.25, 0.3) is 0 Å². The number of ether oxygens (including phenoxy) is 1. The first-order valence-electron chi connectivity index (χ1n) is 4.96. The minimum absolute atomic E-state index is 0.133. The van der Waals surface area contributed by atoms with Gasteiger partial charge in [0, 0.05) is 0 Å². The fourth-order valence-electron chi connectivity index (χ4n) is 1.31. The predicted octanol–water partition coefficient (Wildman–Crippen LogP) is 3.42. The average Bonchev–Trinajstić information content (AvgIpc) is 2.16. The molecule has 0 aliphatic carbocycles. The van der Waals surface area contributed by atoms with Gasteiger partial charge < -0.3 is 4.74 Å². The van der Waals surface area contributed by atoms with Crippen molar-refractivity contribution in [1.82, 2.24) is 0 Å². The Labute approximate surface area is 84.9 Å². The minimum atomic E-state index is -0.133. The Kier molecular flexibility index (Phi) is 3.93. The number of rotatable bonds is 4. The molecule has 0 unspecified atom stereocenters. The molecule has 0 bridgehead atoms. The number of halogens is 1. The van der Waals surface area contributed by atoms with Crippen molar-refractivity contribution < 1.29 is 9.13 Å². The quantitative estimate of drug-likeness (QED) is 0.717. The number of aryl methyl sites for hydroxylation is 1. The molecular formula is C12H17FO. The molecule has 14 heavy (non-hydrogen) atoms. The lowest BCUT2D eigenvalue weighted by Gasteiger charge is -2.07. The van der Waals surface area contributed by atoms with Crippen molar-refractivity contribution >= 4 is 0 Å². The van der Waals surface area contributed by atoms with Crippen LogP contribution in [-0.4, -0.2) is 7.11 Å². The molecule has 0 N–H and O–H groups in total. The van der Waals surface area contributed by atoms with Crippen LogP contribution in [-0.2, 0) is 6.42 Å². The summed E-state index contributed by atoms with van der Waals surface area (Å²) in [6, 6.07) is 4.89. The van der Waals surface area contributed by atoms with Gasteiger partial charge >= 0.3 is 0 Å². The van der Waals surface area contributed by atoms with Crippen molar-refractivity contribution in [3.63, 3.8) is 0 Å². The van der Waals surface area contributed by atoms with E-state index in [9.17, 15) is 4.39 Å². The van der Waals surface area contributed by atoms with Crippen LogP contribution >= 0.6 is 0 Å². The maximum Gasteiger partial charge on any atom is 0.126 e. The van der Waals surface area contributed by atoms with Gasteiger partial charge in [0.2, 0.25) is 0 Å². The summed E-state index contributed by atoms with van der Waals surface area (Å²) in [5, 5.41) is 0. The zero-order valence-corrected chi connectivity index (χ0v) is 9.01. The first-order chi connectivity index (χ1) is 6.63. The molecule has 0 aliphatic heterocycles. The van der Waals surface area contributed by atoms with Gasteiger partial charge in [0.05, 0.1) is 7.11 Å². The number of benzene rings is 1. The predicted molar refractivity (Wildman–Crippen MR) is 56.1 cm³/mol. The minimum Gasteiger partial charge on any atom is -0.497 e. The van der Waals surface area contributed by atoms with Crippen molar-refractivity contribution in [1.29, 1.82) is 0 Å². The number of methoxy groups -OCH3 is 1. The van der Waals surface area contributed by atoms with Crippen LogP contribution in [0.2, 0.25) is 0 Å². The molecule has 1 aromatic carbocycles. The third-order valence-corrected chi connectivity index (χ3v) is 2.24. The van der Waals surface area contributed by atoms with E-state index in [0.717, 1.165) is 24.2 Å². The lowest BCUT2D eigenvalue weighted by atomic mass is 10.0. The van der Waals surface area contributed by atoms with Gasteiger partial charge in [-0.05, 0) is 42.5 Å². The smallest absolute Gasteiger partial charge is 0.126 e. The van der Waals surface area contributed by atoms with Crippen LogP contribution in [0.5, 0.6) is 5.75 Å². The van der Waals surface area contributed by atoms with Gasteiger partial charge in [0.25, 0.3) is 0 Å². The molecule has 1 rings (SSSR count). The Balaban J connectivity index is 2.73. The van der Waals surface area contributed by atoms with Gasteiger partial charge in [-0.2, -0.15) is 0 Å². The summed E-state index contributed by atoms with van der Waals surface area (Å²) in [6.45, 7) is 4.27. The summed E-state index contributed by atoms with van der Waals surface area (Å²) in [5.41, 5.74) is 0.748. The van der Waals surface area contributed by atoms with Crippen molar-refractivity contribution in [2.45, 2.75) is 26.7 Å². The van der Waals surface area contributed by atoms with Crippen LogP contribution < -0.4 is 4.74 Å². The summed E-state index contributed by atoms with van der Waals surface area (Å²) >= 11 is 0. The summed E-state index contributed by atoms with van der Waals surface area (Å²) < 4.78 is 18.4. The second kappa shape index (κ2) is 4.99. The zero-order chi connectivity index (χ0) is 10.6. The Hall–Kier alpha value is -1.05.